The van der Waals surface area contributed by atoms with Crippen LogP contribution in [0.1, 0.15) is 26.7 Å². The first kappa shape index (κ1) is 11.5. The van der Waals surface area contributed by atoms with Crippen LogP contribution in [0, 0.1) is 17.8 Å². The maximum atomic E-state index is 11.8. The SMILES string of the molecule is CCC(CN)C(=O)N(C)CC1CC1C. The monoisotopic (exact) mass is 198 g/mol. The van der Waals surface area contributed by atoms with Gasteiger partial charge in [0, 0.05) is 20.1 Å². The zero-order valence-corrected chi connectivity index (χ0v) is 9.49. The van der Waals surface area contributed by atoms with Crippen molar-refractivity contribution in [2.75, 3.05) is 20.1 Å². The Kier molecular flexibility index (Phi) is 3.93. The third kappa shape index (κ3) is 2.71. The largest absolute Gasteiger partial charge is 0.345 e. The fourth-order valence-electron chi connectivity index (χ4n) is 1.85. The number of nitrogens with zero attached hydrogens (tertiary/aromatic N) is 1. The van der Waals surface area contributed by atoms with E-state index in [0.717, 1.165) is 24.8 Å². The van der Waals surface area contributed by atoms with E-state index in [0.29, 0.717) is 6.54 Å². The molecule has 3 atom stereocenters. The summed E-state index contributed by atoms with van der Waals surface area (Å²) in [6, 6.07) is 0. The Hall–Kier alpha value is -0.570. The van der Waals surface area contributed by atoms with Crippen LogP contribution in [0.4, 0.5) is 0 Å². The maximum absolute atomic E-state index is 11.8. The second kappa shape index (κ2) is 4.78. The topological polar surface area (TPSA) is 46.3 Å². The number of carbonyl (C=O) groups is 1. The highest BCUT2D eigenvalue weighted by Gasteiger charge is 2.34. The summed E-state index contributed by atoms with van der Waals surface area (Å²) in [4.78, 5) is 13.7. The van der Waals surface area contributed by atoms with E-state index >= 15 is 0 Å². The molecule has 0 aromatic heterocycles. The van der Waals surface area contributed by atoms with E-state index in [9.17, 15) is 4.79 Å². The lowest BCUT2D eigenvalue weighted by atomic mass is 10.1. The van der Waals surface area contributed by atoms with Crippen LogP contribution in [0.2, 0.25) is 0 Å². The van der Waals surface area contributed by atoms with Crippen LogP contribution >= 0.6 is 0 Å². The normalized spacial score (nSPS) is 27.1. The first-order valence-electron chi connectivity index (χ1n) is 5.55. The third-order valence-electron chi connectivity index (χ3n) is 3.29. The molecule has 1 rings (SSSR count). The van der Waals surface area contributed by atoms with Crippen LogP contribution in [-0.2, 0) is 4.79 Å². The molecule has 82 valence electrons. The van der Waals surface area contributed by atoms with Gasteiger partial charge < -0.3 is 10.6 Å². The van der Waals surface area contributed by atoms with Crippen LogP contribution in [0.15, 0.2) is 0 Å². The van der Waals surface area contributed by atoms with Crippen molar-refractivity contribution in [3.05, 3.63) is 0 Å². The number of amides is 1. The Morgan fingerprint density at radius 2 is 2.21 bits per heavy atom. The second-order valence-electron chi connectivity index (χ2n) is 4.53. The van der Waals surface area contributed by atoms with E-state index < -0.39 is 0 Å². The lowest BCUT2D eigenvalue weighted by Gasteiger charge is -2.22. The summed E-state index contributed by atoms with van der Waals surface area (Å²) in [6.07, 6.45) is 2.12. The van der Waals surface area contributed by atoms with E-state index in [2.05, 4.69) is 6.92 Å². The number of hydrogen-bond acceptors (Lipinski definition) is 2. The van der Waals surface area contributed by atoms with Crippen molar-refractivity contribution in [3.8, 4) is 0 Å². The summed E-state index contributed by atoms with van der Waals surface area (Å²) < 4.78 is 0. The Morgan fingerprint density at radius 1 is 1.64 bits per heavy atom. The van der Waals surface area contributed by atoms with Gasteiger partial charge in [-0.2, -0.15) is 0 Å². The number of carbonyl (C=O) groups excluding carboxylic acids is 1. The van der Waals surface area contributed by atoms with Gasteiger partial charge in [0.1, 0.15) is 0 Å². The standard InChI is InChI=1S/C11H22N2O/c1-4-9(6-12)11(14)13(3)7-10-5-8(10)2/h8-10H,4-7,12H2,1-3H3. The van der Waals surface area contributed by atoms with Crippen molar-refractivity contribution < 1.29 is 4.79 Å². The van der Waals surface area contributed by atoms with Gasteiger partial charge in [-0.1, -0.05) is 13.8 Å². The Labute approximate surface area is 86.6 Å². The maximum Gasteiger partial charge on any atom is 0.226 e. The molecule has 0 spiro atoms. The molecule has 1 amide bonds. The van der Waals surface area contributed by atoms with Crippen LogP contribution in [-0.4, -0.2) is 30.9 Å². The smallest absolute Gasteiger partial charge is 0.226 e. The molecule has 0 heterocycles. The van der Waals surface area contributed by atoms with Crippen molar-refractivity contribution in [1.29, 1.82) is 0 Å². The number of rotatable bonds is 5. The van der Waals surface area contributed by atoms with Gasteiger partial charge in [-0.25, -0.2) is 0 Å². The molecule has 14 heavy (non-hydrogen) atoms. The molecule has 3 heteroatoms. The van der Waals surface area contributed by atoms with Crippen molar-refractivity contribution in [2.45, 2.75) is 26.7 Å². The van der Waals surface area contributed by atoms with Gasteiger partial charge in [0.15, 0.2) is 0 Å². The minimum absolute atomic E-state index is 0.0223. The van der Waals surface area contributed by atoms with Crippen LogP contribution < -0.4 is 5.73 Å². The van der Waals surface area contributed by atoms with Crippen molar-refractivity contribution in [1.82, 2.24) is 4.90 Å². The van der Waals surface area contributed by atoms with Gasteiger partial charge in [0.25, 0.3) is 0 Å². The zero-order chi connectivity index (χ0) is 10.7. The highest BCUT2D eigenvalue weighted by molar-refractivity contribution is 5.78. The van der Waals surface area contributed by atoms with Crippen LogP contribution in [0.3, 0.4) is 0 Å². The molecule has 1 fully saturated rings. The van der Waals surface area contributed by atoms with Crippen LogP contribution in [0.5, 0.6) is 0 Å². The predicted octanol–water partition coefficient (Wildman–Crippen LogP) is 1.09. The summed E-state index contributed by atoms with van der Waals surface area (Å²) >= 11 is 0. The third-order valence-corrected chi connectivity index (χ3v) is 3.29. The van der Waals surface area contributed by atoms with E-state index in [1.807, 2.05) is 18.9 Å². The lowest BCUT2D eigenvalue weighted by Crippen LogP contribution is -2.37. The molecule has 0 aromatic rings. The minimum atomic E-state index is 0.0223. The summed E-state index contributed by atoms with van der Waals surface area (Å²) in [7, 11) is 1.89. The minimum Gasteiger partial charge on any atom is -0.345 e. The number of nitrogens with two attached hydrogens (primary N) is 1. The van der Waals surface area contributed by atoms with E-state index in [4.69, 9.17) is 5.73 Å². The number of hydrogen-bond donors (Lipinski definition) is 1. The lowest BCUT2D eigenvalue weighted by molar-refractivity contribution is -0.134. The highest BCUT2D eigenvalue weighted by atomic mass is 16.2. The molecule has 1 aliphatic carbocycles. The van der Waals surface area contributed by atoms with Crippen molar-refractivity contribution in [2.24, 2.45) is 23.5 Å². The molecule has 3 nitrogen and oxygen atoms in total. The summed E-state index contributed by atoms with van der Waals surface area (Å²) in [5.74, 6) is 1.78. The highest BCUT2D eigenvalue weighted by Crippen LogP contribution is 2.38. The molecule has 3 unspecified atom stereocenters. The fraction of sp³-hybridized carbons (Fsp3) is 0.909. The van der Waals surface area contributed by atoms with Gasteiger partial charge in [-0.15, -0.1) is 0 Å². The van der Waals surface area contributed by atoms with Gasteiger partial charge >= 0.3 is 0 Å². The Morgan fingerprint density at radius 3 is 2.57 bits per heavy atom. The Balaban J connectivity index is 2.34. The molecule has 0 saturated heterocycles. The predicted molar refractivity (Wildman–Crippen MR) is 57.7 cm³/mol. The average Bonchev–Trinajstić information content (AvgIpc) is 2.83. The molecule has 1 saturated carbocycles. The quantitative estimate of drug-likeness (QED) is 0.718. The molecule has 2 N–H and O–H groups in total. The van der Waals surface area contributed by atoms with Gasteiger partial charge in [-0.3, -0.25) is 4.79 Å². The molecule has 0 radical (unpaired) electrons. The van der Waals surface area contributed by atoms with Gasteiger partial charge in [-0.05, 0) is 24.7 Å². The first-order valence-corrected chi connectivity index (χ1v) is 5.55. The summed E-state index contributed by atoms with van der Waals surface area (Å²) in [6.45, 7) is 5.64. The van der Waals surface area contributed by atoms with E-state index in [1.54, 1.807) is 0 Å². The summed E-state index contributed by atoms with van der Waals surface area (Å²) in [5.41, 5.74) is 5.55. The van der Waals surface area contributed by atoms with Gasteiger partial charge in [0.2, 0.25) is 5.91 Å². The van der Waals surface area contributed by atoms with Crippen molar-refractivity contribution >= 4 is 5.91 Å². The van der Waals surface area contributed by atoms with E-state index in [-0.39, 0.29) is 11.8 Å². The van der Waals surface area contributed by atoms with Gasteiger partial charge in [0.05, 0.1) is 5.92 Å². The summed E-state index contributed by atoms with van der Waals surface area (Å²) in [5, 5.41) is 0. The first-order chi connectivity index (χ1) is 6.60. The molecule has 0 aromatic carbocycles. The van der Waals surface area contributed by atoms with Crippen molar-refractivity contribution in [3.63, 3.8) is 0 Å². The zero-order valence-electron chi connectivity index (χ0n) is 9.49. The van der Waals surface area contributed by atoms with Crippen LogP contribution in [0.25, 0.3) is 0 Å². The Bertz CT molecular complexity index is 201. The van der Waals surface area contributed by atoms with E-state index in [1.165, 1.54) is 6.42 Å². The molecule has 0 bridgehead atoms. The molecule has 1 aliphatic rings. The second-order valence-corrected chi connectivity index (χ2v) is 4.53. The fourth-order valence-corrected chi connectivity index (χ4v) is 1.85. The average molecular weight is 198 g/mol. The molecular formula is C11H22N2O. The molecular weight excluding hydrogens is 176 g/mol. The molecule has 0 aliphatic heterocycles.